The van der Waals surface area contributed by atoms with Gasteiger partial charge in [-0.3, -0.25) is 4.79 Å². The van der Waals surface area contributed by atoms with Crippen molar-refractivity contribution in [3.8, 4) is 0 Å². The van der Waals surface area contributed by atoms with Crippen molar-refractivity contribution >= 4 is 18.2 Å². The average Bonchev–Trinajstić information content (AvgIpc) is 1.35. The number of Topliss-reactive ketones (excluding diaryl/α,β-unsaturated/α-hetero) is 1. The Kier molecular flexibility index (Phi) is 8.47. The lowest BCUT2D eigenvalue weighted by Gasteiger charge is -1.81. The topological polar surface area (TPSA) is 43.1 Å². The third-order valence-corrected chi connectivity index (χ3v) is 0.496. The van der Waals surface area contributed by atoms with Gasteiger partial charge >= 0.3 is 0 Å². The summed E-state index contributed by atoms with van der Waals surface area (Å²) >= 11 is 0. The maximum atomic E-state index is 9.96. The van der Waals surface area contributed by atoms with E-state index in [9.17, 15) is 4.79 Å². The molecular weight excluding hydrogens is 114 g/mol. The molecule has 0 atom stereocenters. The minimum Gasteiger partial charge on any atom is -0.330 e. The molecule has 0 bridgehead atoms. The summed E-state index contributed by atoms with van der Waals surface area (Å²) in [4.78, 5) is 9.96. The van der Waals surface area contributed by atoms with E-state index in [4.69, 9.17) is 5.73 Å². The highest BCUT2D eigenvalue weighted by Gasteiger charge is 1.83. The number of nitrogens with two attached hydrogens (primary N) is 1. The number of halogens is 1. The molecule has 0 fully saturated rings. The van der Waals surface area contributed by atoms with Gasteiger partial charge in [-0.2, -0.15) is 0 Å². The Hall–Kier alpha value is -0.0800. The van der Waals surface area contributed by atoms with E-state index >= 15 is 0 Å². The first-order valence-corrected chi connectivity index (χ1v) is 1.97. The molecule has 0 aliphatic carbocycles. The molecule has 0 radical (unpaired) electrons. The van der Waals surface area contributed by atoms with Crippen molar-refractivity contribution in [2.24, 2.45) is 5.73 Å². The smallest absolute Gasteiger partial charge is 0.131 e. The molecule has 2 nitrogen and oxygen atoms in total. The van der Waals surface area contributed by atoms with Gasteiger partial charge in [0.2, 0.25) is 0 Å². The van der Waals surface area contributed by atoms with Crippen LogP contribution in [0.15, 0.2) is 0 Å². The first-order valence-electron chi connectivity index (χ1n) is 1.97. The number of carbonyl (C=O) groups excluding carboxylic acids is 1. The van der Waals surface area contributed by atoms with E-state index in [1.165, 1.54) is 6.92 Å². The monoisotopic (exact) mass is 123 g/mol. The Morgan fingerprint density at radius 2 is 2.14 bits per heavy atom. The van der Waals surface area contributed by atoms with Crippen molar-refractivity contribution in [2.75, 3.05) is 6.54 Å². The van der Waals surface area contributed by atoms with Crippen LogP contribution in [-0.4, -0.2) is 12.3 Å². The molecule has 2 N–H and O–H groups in total. The van der Waals surface area contributed by atoms with Crippen LogP contribution in [0.4, 0.5) is 0 Å². The van der Waals surface area contributed by atoms with Gasteiger partial charge in [0.05, 0.1) is 0 Å². The lowest BCUT2D eigenvalue weighted by Crippen LogP contribution is -2.03. The maximum Gasteiger partial charge on any atom is 0.131 e. The van der Waals surface area contributed by atoms with Crippen molar-refractivity contribution in [1.82, 2.24) is 0 Å². The summed E-state index contributed by atoms with van der Waals surface area (Å²) in [6.07, 6.45) is 0.514. The molecule has 0 spiro atoms. The molecule has 0 rings (SSSR count). The van der Waals surface area contributed by atoms with Crippen LogP contribution in [0.3, 0.4) is 0 Å². The summed E-state index contributed by atoms with van der Waals surface area (Å²) in [6.45, 7) is 2.02. The van der Waals surface area contributed by atoms with E-state index in [0.717, 1.165) is 0 Å². The van der Waals surface area contributed by atoms with Gasteiger partial charge in [-0.1, -0.05) is 0 Å². The molecule has 0 unspecified atom stereocenters. The second-order valence-electron chi connectivity index (χ2n) is 1.24. The highest BCUT2D eigenvalue weighted by molar-refractivity contribution is 5.85. The van der Waals surface area contributed by atoms with Gasteiger partial charge in [0.25, 0.3) is 0 Å². The molecule has 44 valence electrons. The van der Waals surface area contributed by atoms with Gasteiger partial charge in [0, 0.05) is 6.42 Å². The Labute approximate surface area is 49.5 Å². The van der Waals surface area contributed by atoms with Gasteiger partial charge in [-0.05, 0) is 13.5 Å². The zero-order valence-electron chi connectivity index (χ0n) is 4.31. The van der Waals surface area contributed by atoms with Crippen LogP contribution in [0, 0.1) is 0 Å². The molecular formula is C4H10ClNO. The lowest BCUT2D eigenvalue weighted by molar-refractivity contribution is -0.116. The van der Waals surface area contributed by atoms with Crippen LogP contribution in [0.2, 0.25) is 0 Å². The highest BCUT2D eigenvalue weighted by Crippen LogP contribution is 1.71. The van der Waals surface area contributed by atoms with Crippen LogP contribution < -0.4 is 5.73 Å². The van der Waals surface area contributed by atoms with E-state index in [-0.39, 0.29) is 18.2 Å². The predicted molar refractivity (Wildman–Crippen MR) is 31.6 cm³/mol. The van der Waals surface area contributed by atoms with Crippen LogP contribution in [0.25, 0.3) is 0 Å². The van der Waals surface area contributed by atoms with Crippen molar-refractivity contribution in [3.05, 3.63) is 0 Å². The number of hydrogen-bond acceptors (Lipinski definition) is 2. The Morgan fingerprint density at radius 3 is 2.14 bits per heavy atom. The van der Waals surface area contributed by atoms with E-state index in [1.54, 1.807) is 0 Å². The van der Waals surface area contributed by atoms with Gasteiger partial charge in [0.15, 0.2) is 0 Å². The van der Waals surface area contributed by atoms with E-state index < -0.39 is 0 Å². The number of ketones is 1. The molecule has 0 amide bonds. The average molecular weight is 124 g/mol. The molecule has 0 saturated carbocycles. The summed E-state index contributed by atoms with van der Waals surface area (Å²) in [6, 6.07) is 0. The molecule has 7 heavy (non-hydrogen) atoms. The van der Waals surface area contributed by atoms with Gasteiger partial charge in [-0.15, -0.1) is 12.4 Å². The van der Waals surface area contributed by atoms with Gasteiger partial charge < -0.3 is 5.73 Å². The van der Waals surface area contributed by atoms with Crippen LogP contribution >= 0.6 is 12.4 Å². The summed E-state index contributed by atoms with van der Waals surface area (Å²) in [5, 5.41) is 0. The Balaban J connectivity index is 0. The summed E-state index contributed by atoms with van der Waals surface area (Å²) in [5.74, 6) is 0.164. The fourth-order valence-corrected chi connectivity index (χ4v) is 0.203. The minimum absolute atomic E-state index is 0. The van der Waals surface area contributed by atoms with E-state index in [0.29, 0.717) is 13.0 Å². The molecule has 0 aliphatic heterocycles. The third kappa shape index (κ3) is 10.7. The van der Waals surface area contributed by atoms with Gasteiger partial charge in [0.1, 0.15) is 5.78 Å². The highest BCUT2D eigenvalue weighted by atomic mass is 35.5. The zero-order chi connectivity index (χ0) is 4.99. The Bertz CT molecular complexity index is 55.7. The first-order chi connectivity index (χ1) is 2.77. The normalized spacial score (nSPS) is 7.14. The number of carbonyl (C=O) groups is 1. The molecule has 3 heteroatoms. The van der Waals surface area contributed by atoms with Gasteiger partial charge in [-0.25, -0.2) is 0 Å². The predicted octanol–water partition coefficient (Wildman–Crippen LogP) is 0.346. The van der Waals surface area contributed by atoms with Crippen molar-refractivity contribution in [2.45, 2.75) is 13.3 Å². The summed E-state index contributed by atoms with van der Waals surface area (Å²) in [5.41, 5.74) is 5.01. The van der Waals surface area contributed by atoms with E-state index in [2.05, 4.69) is 0 Å². The van der Waals surface area contributed by atoms with Crippen molar-refractivity contribution in [1.29, 1.82) is 0 Å². The SMILES string of the molecule is CC(=O)CCN.Cl. The minimum atomic E-state index is 0. The molecule has 0 aromatic heterocycles. The second kappa shape index (κ2) is 5.92. The molecule has 0 heterocycles. The molecule has 0 aromatic rings. The van der Waals surface area contributed by atoms with Crippen molar-refractivity contribution in [3.63, 3.8) is 0 Å². The fraction of sp³-hybridized carbons (Fsp3) is 0.750. The lowest BCUT2D eigenvalue weighted by atomic mass is 10.3. The van der Waals surface area contributed by atoms with E-state index in [1.807, 2.05) is 0 Å². The van der Waals surface area contributed by atoms with Crippen LogP contribution in [0.1, 0.15) is 13.3 Å². The fourth-order valence-electron chi connectivity index (χ4n) is 0.203. The third-order valence-electron chi connectivity index (χ3n) is 0.496. The van der Waals surface area contributed by atoms with Crippen LogP contribution in [0.5, 0.6) is 0 Å². The van der Waals surface area contributed by atoms with Crippen molar-refractivity contribution < 1.29 is 4.79 Å². The zero-order valence-corrected chi connectivity index (χ0v) is 5.12. The largest absolute Gasteiger partial charge is 0.330 e. The van der Waals surface area contributed by atoms with Crippen LogP contribution in [-0.2, 0) is 4.79 Å². The molecule has 0 aromatic carbocycles. The maximum absolute atomic E-state index is 9.96. The summed E-state index contributed by atoms with van der Waals surface area (Å²) in [7, 11) is 0. The Morgan fingerprint density at radius 1 is 1.71 bits per heavy atom. The quantitative estimate of drug-likeness (QED) is 0.576. The summed E-state index contributed by atoms with van der Waals surface area (Å²) < 4.78 is 0. The second-order valence-corrected chi connectivity index (χ2v) is 1.24. The molecule has 0 saturated heterocycles. The first kappa shape index (κ1) is 10.0. The molecule has 0 aliphatic rings. The number of hydrogen-bond donors (Lipinski definition) is 1. The standard InChI is InChI=1S/C4H9NO.ClH/c1-4(6)2-3-5;/h2-3,5H2,1H3;1H. The number of rotatable bonds is 2.